The molecule has 1 aromatic heterocycles. The summed E-state index contributed by atoms with van der Waals surface area (Å²) in [6, 6.07) is 1.57. The fourth-order valence-corrected chi connectivity index (χ4v) is 3.33. The number of anilines is 1. The Balaban J connectivity index is 1.47. The zero-order chi connectivity index (χ0) is 17.6. The van der Waals surface area contributed by atoms with Crippen molar-refractivity contribution in [1.82, 2.24) is 24.7 Å². The van der Waals surface area contributed by atoms with E-state index < -0.39 is 0 Å². The smallest absolute Gasteiger partial charge is 0.320 e. The Morgan fingerprint density at radius 1 is 0.960 bits per heavy atom. The Bertz CT molecular complexity index is 582. The van der Waals surface area contributed by atoms with Gasteiger partial charge in [0.15, 0.2) is 0 Å². The summed E-state index contributed by atoms with van der Waals surface area (Å²) in [5.41, 5.74) is 0. The van der Waals surface area contributed by atoms with Crippen molar-refractivity contribution in [1.29, 1.82) is 0 Å². The molecule has 2 aliphatic heterocycles. The summed E-state index contributed by atoms with van der Waals surface area (Å²) < 4.78 is 0. The summed E-state index contributed by atoms with van der Waals surface area (Å²) in [4.78, 5) is 38.9. The zero-order valence-corrected chi connectivity index (χ0v) is 14.7. The second-order valence-corrected chi connectivity index (χ2v) is 6.59. The number of rotatable bonds is 3. The molecule has 2 aliphatic rings. The first kappa shape index (κ1) is 17.6. The zero-order valence-electron chi connectivity index (χ0n) is 14.7. The van der Waals surface area contributed by atoms with Gasteiger partial charge >= 0.3 is 6.03 Å². The highest BCUT2D eigenvalue weighted by Crippen LogP contribution is 2.14. The maximum Gasteiger partial charge on any atom is 0.320 e. The van der Waals surface area contributed by atoms with Crippen molar-refractivity contribution in [3.05, 3.63) is 18.5 Å². The lowest BCUT2D eigenvalue weighted by Crippen LogP contribution is -2.56. The minimum atomic E-state index is -0.281. The van der Waals surface area contributed by atoms with Crippen molar-refractivity contribution >= 4 is 17.9 Å². The first-order valence-corrected chi connectivity index (χ1v) is 9.01. The molecule has 0 saturated carbocycles. The minimum absolute atomic E-state index is 0.123. The predicted molar refractivity (Wildman–Crippen MR) is 94.1 cm³/mol. The molecule has 2 fully saturated rings. The maximum absolute atomic E-state index is 12.5. The van der Waals surface area contributed by atoms with Gasteiger partial charge in [0.1, 0.15) is 0 Å². The molecule has 1 N–H and O–H groups in total. The van der Waals surface area contributed by atoms with Gasteiger partial charge < -0.3 is 9.80 Å². The molecule has 0 aliphatic carbocycles. The van der Waals surface area contributed by atoms with Crippen LogP contribution in [0.4, 0.5) is 10.7 Å². The summed E-state index contributed by atoms with van der Waals surface area (Å²) >= 11 is 0. The van der Waals surface area contributed by atoms with E-state index in [2.05, 4.69) is 20.2 Å². The van der Waals surface area contributed by atoms with Gasteiger partial charge in [0.2, 0.25) is 11.9 Å². The molecular formula is C17H26N6O2. The molecule has 3 rings (SSSR count). The Labute approximate surface area is 148 Å². The van der Waals surface area contributed by atoms with E-state index in [1.807, 2.05) is 16.7 Å². The molecule has 1 unspecified atom stereocenters. The summed E-state index contributed by atoms with van der Waals surface area (Å²) in [7, 11) is 0. The molecule has 2 saturated heterocycles. The summed E-state index contributed by atoms with van der Waals surface area (Å²) in [5.74, 6) is 0.195. The van der Waals surface area contributed by atoms with Crippen LogP contribution in [0, 0.1) is 0 Å². The number of likely N-dealkylation sites (tertiary alicyclic amines) is 1. The van der Waals surface area contributed by atoms with Gasteiger partial charge in [-0.25, -0.2) is 14.8 Å². The highest BCUT2D eigenvalue weighted by atomic mass is 16.2. The topological polar surface area (TPSA) is 81.7 Å². The second kappa shape index (κ2) is 8.24. The van der Waals surface area contributed by atoms with Crippen LogP contribution in [-0.2, 0) is 4.79 Å². The van der Waals surface area contributed by atoms with Gasteiger partial charge in [-0.1, -0.05) is 0 Å². The second-order valence-electron chi connectivity index (χ2n) is 6.59. The molecule has 1 aromatic rings. The van der Waals surface area contributed by atoms with Crippen LogP contribution >= 0.6 is 0 Å². The number of nitrogens with zero attached hydrogens (tertiary/aromatic N) is 5. The molecule has 3 heterocycles. The fourth-order valence-electron chi connectivity index (χ4n) is 3.33. The van der Waals surface area contributed by atoms with Gasteiger partial charge in [0.05, 0.1) is 6.04 Å². The van der Waals surface area contributed by atoms with Crippen molar-refractivity contribution in [3.8, 4) is 0 Å². The number of amides is 3. The third-order valence-electron chi connectivity index (χ3n) is 4.94. The molecule has 136 valence electrons. The lowest BCUT2D eigenvalue weighted by atomic mass is 10.1. The summed E-state index contributed by atoms with van der Waals surface area (Å²) in [6.07, 6.45) is 6.61. The number of carbonyl (C=O) groups is 2. The van der Waals surface area contributed by atoms with E-state index in [4.69, 9.17) is 0 Å². The van der Waals surface area contributed by atoms with Gasteiger partial charge in [0, 0.05) is 51.7 Å². The van der Waals surface area contributed by atoms with Crippen LogP contribution in [0.3, 0.4) is 0 Å². The number of nitrogens with one attached hydrogen (secondary N) is 1. The first-order valence-electron chi connectivity index (χ1n) is 9.01. The maximum atomic E-state index is 12.5. The molecule has 0 radical (unpaired) electrons. The van der Waals surface area contributed by atoms with Crippen LogP contribution in [0.2, 0.25) is 0 Å². The van der Waals surface area contributed by atoms with Crippen LogP contribution < -0.4 is 5.32 Å². The third kappa shape index (κ3) is 4.45. The van der Waals surface area contributed by atoms with Crippen molar-refractivity contribution in [3.63, 3.8) is 0 Å². The largest absolute Gasteiger partial charge is 0.325 e. The van der Waals surface area contributed by atoms with Gasteiger partial charge in [-0.3, -0.25) is 15.0 Å². The van der Waals surface area contributed by atoms with E-state index in [-0.39, 0.29) is 18.0 Å². The van der Waals surface area contributed by atoms with Crippen LogP contribution in [0.5, 0.6) is 0 Å². The van der Waals surface area contributed by atoms with E-state index in [0.29, 0.717) is 32.1 Å². The van der Waals surface area contributed by atoms with E-state index >= 15 is 0 Å². The van der Waals surface area contributed by atoms with Crippen LogP contribution in [-0.4, -0.2) is 81.9 Å². The van der Waals surface area contributed by atoms with E-state index in [0.717, 1.165) is 25.9 Å². The predicted octanol–water partition coefficient (Wildman–Crippen LogP) is 1.03. The SMILES string of the molecule is CC(C(=O)Nc1ncccn1)N1CCN(C(=O)N2CCCCC2)CC1. The Morgan fingerprint density at radius 3 is 2.20 bits per heavy atom. The third-order valence-corrected chi connectivity index (χ3v) is 4.94. The number of aromatic nitrogens is 2. The fraction of sp³-hybridized carbons (Fsp3) is 0.647. The van der Waals surface area contributed by atoms with Crippen molar-refractivity contribution < 1.29 is 9.59 Å². The van der Waals surface area contributed by atoms with E-state index in [1.54, 1.807) is 18.5 Å². The molecule has 25 heavy (non-hydrogen) atoms. The van der Waals surface area contributed by atoms with Gasteiger partial charge in [0.25, 0.3) is 0 Å². The van der Waals surface area contributed by atoms with Crippen molar-refractivity contribution in [2.75, 3.05) is 44.6 Å². The Morgan fingerprint density at radius 2 is 1.56 bits per heavy atom. The van der Waals surface area contributed by atoms with Gasteiger partial charge in [-0.15, -0.1) is 0 Å². The van der Waals surface area contributed by atoms with Crippen LogP contribution in [0.1, 0.15) is 26.2 Å². The molecule has 3 amide bonds. The lowest BCUT2D eigenvalue weighted by Gasteiger charge is -2.40. The molecule has 0 spiro atoms. The summed E-state index contributed by atoms with van der Waals surface area (Å²) in [6.45, 7) is 6.33. The number of piperazine rings is 1. The van der Waals surface area contributed by atoms with Gasteiger partial charge in [-0.2, -0.15) is 0 Å². The van der Waals surface area contributed by atoms with Gasteiger partial charge in [-0.05, 0) is 32.3 Å². The number of hydrogen-bond acceptors (Lipinski definition) is 5. The molecule has 8 nitrogen and oxygen atoms in total. The monoisotopic (exact) mass is 346 g/mol. The number of urea groups is 1. The lowest BCUT2D eigenvalue weighted by molar-refractivity contribution is -0.121. The average molecular weight is 346 g/mol. The average Bonchev–Trinajstić information content (AvgIpc) is 2.68. The highest BCUT2D eigenvalue weighted by Gasteiger charge is 2.30. The van der Waals surface area contributed by atoms with E-state index in [9.17, 15) is 9.59 Å². The molecule has 1 atom stereocenters. The van der Waals surface area contributed by atoms with E-state index in [1.165, 1.54) is 6.42 Å². The van der Waals surface area contributed by atoms with Crippen LogP contribution in [0.15, 0.2) is 18.5 Å². The number of carbonyl (C=O) groups excluding carboxylic acids is 2. The summed E-state index contributed by atoms with van der Waals surface area (Å²) in [5, 5.41) is 2.73. The standard InChI is InChI=1S/C17H26N6O2/c1-14(15(24)20-16-18-6-5-7-19-16)21-10-12-23(13-11-21)17(25)22-8-3-2-4-9-22/h5-7,14H,2-4,8-13H2,1H3,(H,18,19,20,24). The molecule has 0 bridgehead atoms. The molecular weight excluding hydrogens is 320 g/mol. The highest BCUT2D eigenvalue weighted by molar-refractivity contribution is 5.93. The normalized spacial score (nSPS) is 20.2. The van der Waals surface area contributed by atoms with Crippen molar-refractivity contribution in [2.24, 2.45) is 0 Å². The number of hydrogen-bond donors (Lipinski definition) is 1. The van der Waals surface area contributed by atoms with Crippen LogP contribution in [0.25, 0.3) is 0 Å². The minimum Gasteiger partial charge on any atom is -0.325 e. The molecule has 8 heteroatoms. The molecule has 0 aromatic carbocycles. The van der Waals surface area contributed by atoms with Crippen molar-refractivity contribution in [2.45, 2.75) is 32.2 Å². The Kier molecular flexibility index (Phi) is 5.80. The first-order chi connectivity index (χ1) is 12.1. The number of piperidine rings is 1. The quantitative estimate of drug-likeness (QED) is 0.884. The Hall–Kier alpha value is -2.22.